The SMILES string of the molecule is O=C(NCC1(CO)CC1)Nc1cc(F)ccc1Cl. The van der Waals surface area contributed by atoms with E-state index in [1.807, 2.05) is 0 Å². The van der Waals surface area contributed by atoms with E-state index in [0.29, 0.717) is 6.54 Å². The van der Waals surface area contributed by atoms with Crippen LogP contribution in [0.15, 0.2) is 18.2 Å². The molecule has 0 radical (unpaired) electrons. The fourth-order valence-corrected chi connectivity index (χ4v) is 1.76. The summed E-state index contributed by atoms with van der Waals surface area (Å²) in [5.41, 5.74) is 0.0614. The maximum absolute atomic E-state index is 13.0. The molecule has 1 fully saturated rings. The Labute approximate surface area is 109 Å². The summed E-state index contributed by atoms with van der Waals surface area (Å²) < 4.78 is 13.0. The molecule has 1 aliphatic carbocycles. The van der Waals surface area contributed by atoms with E-state index in [1.54, 1.807) is 0 Å². The van der Waals surface area contributed by atoms with Gasteiger partial charge in [0, 0.05) is 12.0 Å². The Morgan fingerprint density at radius 3 is 2.83 bits per heavy atom. The third-order valence-electron chi connectivity index (χ3n) is 3.09. The molecule has 0 aliphatic heterocycles. The fraction of sp³-hybridized carbons (Fsp3) is 0.417. The molecule has 0 atom stereocenters. The zero-order chi connectivity index (χ0) is 13.2. The first-order chi connectivity index (χ1) is 8.54. The Kier molecular flexibility index (Phi) is 3.73. The van der Waals surface area contributed by atoms with Crippen molar-refractivity contribution in [1.82, 2.24) is 5.32 Å². The van der Waals surface area contributed by atoms with E-state index in [1.165, 1.54) is 12.1 Å². The Hall–Kier alpha value is -1.33. The minimum absolute atomic E-state index is 0.0635. The van der Waals surface area contributed by atoms with E-state index in [-0.39, 0.29) is 22.7 Å². The minimum Gasteiger partial charge on any atom is -0.396 e. The van der Waals surface area contributed by atoms with E-state index in [0.717, 1.165) is 18.9 Å². The molecule has 1 aromatic carbocycles. The van der Waals surface area contributed by atoms with Gasteiger partial charge in [-0.05, 0) is 31.0 Å². The highest BCUT2D eigenvalue weighted by molar-refractivity contribution is 6.33. The van der Waals surface area contributed by atoms with E-state index in [9.17, 15) is 9.18 Å². The molecule has 98 valence electrons. The summed E-state index contributed by atoms with van der Waals surface area (Å²) in [4.78, 5) is 11.6. The van der Waals surface area contributed by atoms with E-state index in [4.69, 9.17) is 16.7 Å². The largest absolute Gasteiger partial charge is 0.396 e. The molecule has 1 aromatic rings. The van der Waals surface area contributed by atoms with Crippen LogP contribution in [0.2, 0.25) is 5.02 Å². The van der Waals surface area contributed by atoms with Gasteiger partial charge in [0.05, 0.1) is 17.3 Å². The number of halogens is 2. The molecule has 1 saturated carbocycles. The summed E-state index contributed by atoms with van der Waals surface area (Å²) in [6, 6.07) is 3.29. The van der Waals surface area contributed by atoms with Crippen molar-refractivity contribution in [1.29, 1.82) is 0 Å². The van der Waals surface area contributed by atoms with Crippen molar-refractivity contribution < 1.29 is 14.3 Å². The van der Waals surface area contributed by atoms with Crippen LogP contribution in [0, 0.1) is 11.2 Å². The molecule has 3 N–H and O–H groups in total. The monoisotopic (exact) mass is 272 g/mol. The molecule has 4 nitrogen and oxygen atoms in total. The van der Waals surface area contributed by atoms with Crippen molar-refractivity contribution in [3.05, 3.63) is 29.0 Å². The third kappa shape index (κ3) is 3.11. The molecular weight excluding hydrogens is 259 g/mol. The highest BCUT2D eigenvalue weighted by Crippen LogP contribution is 2.44. The molecule has 0 saturated heterocycles. The number of carbonyl (C=O) groups excluding carboxylic acids is 1. The van der Waals surface area contributed by atoms with Crippen LogP contribution < -0.4 is 10.6 Å². The standard InChI is InChI=1S/C12H14ClFN2O2/c13-9-2-1-8(14)5-10(9)16-11(18)15-6-12(7-17)3-4-12/h1-2,5,17H,3-4,6-7H2,(H2,15,16,18). The Morgan fingerprint density at radius 2 is 2.22 bits per heavy atom. The van der Waals surface area contributed by atoms with Crippen molar-refractivity contribution in [2.24, 2.45) is 5.41 Å². The second-order valence-electron chi connectivity index (χ2n) is 4.59. The van der Waals surface area contributed by atoms with Crippen LogP contribution in [0.3, 0.4) is 0 Å². The summed E-state index contributed by atoms with van der Waals surface area (Å²) in [6.45, 7) is 0.469. The zero-order valence-corrected chi connectivity index (χ0v) is 10.4. The molecule has 0 unspecified atom stereocenters. The number of nitrogens with one attached hydrogen (secondary N) is 2. The Balaban J connectivity index is 1.89. The number of hydrogen-bond acceptors (Lipinski definition) is 2. The second-order valence-corrected chi connectivity index (χ2v) is 5.00. The van der Waals surface area contributed by atoms with Crippen LogP contribution in [-0.2, 0) is 0 Å². The number of benzene rings is 1. The zero-order valence-electron chi connectivity index (χ0n) is 9.67. The van der Waals surface area contributed by atoms with Crippen LogP contribution in [0.1, 0.15) is 12.8 Å². The van der Waals surface area contributed by atoms with Gasteiger partial charge in [0.1, 0.15) is 5.82 Å². The number of urea groups is 1. The third-order valence-corrected chi connectivity index (χ3v) is 3.42. The van der Waals surface area contributed by atoms with Crippen molar-refractivity contribution in [2.75, 3.05) is 18.5 Å². The summed E-state index contributed by atoms with van der Waals surface area (Å²) in [6.07, 6.45) is 1.81. The molecule has 2 rings (SSSR count). The van der Waals surface area contributed by atoms with Crippen LogP contribution in [0.25, 0.3) is 0 Å². The topological polar surface area (TPSA) is 61.4 Å². The van der Waals surface area contributed by atoms with Crippen LogP contribution in [-0.4, -0.2) is 24.3 Å². The van der Waals surface area contributed by atoms with E-state index >= 15 is 0 Å². The lowest BCUT2D eigenvalue weighted by Gasteiger charge is -2.14. The van der Waals surface area contributed by atoms with Crippen molar-refractivity contribution in [2.45, 2.75) is 12.8 Å². The van der Waals surface area contributed by atoms with Gasteiger partial charge in [0.2, 0.25) is 0 Å². The predicted molar refractivity (Wildman–Crippen MR) is 67.2 cm³/mol. The number of amides is 2. The number of aliphatic hydroxyl groups excluding tert-OH is 1. The number of hydrogen-bond donors (Lipinski definition) is 3. The first-order valence-corrected chi connectivity index (χ1v) is 6.03. The normalized spacial score (nSPS) is 16.2. The van der Waals surface area contributed by atoms with E-state index < -0.39 is 11.8 Å². The lowest BCUT2D eigenvalue weighted by molar-refractivity contribution is 0.206. The summed E-state index contributed by atoms with van der Waals surface area (Å²) in [5, 5.41) is 14.5. The number of rotatable bonds is 4. The first-order valence-electron chi connectivity index (χ1n) is 5.65. The Bertz CT molecular complexity index is 463. The van der Waals surface area contributed by atoms with Gasteiger partial charge < -0.3 is 15.7 Å². The molecule has 1 aliphatic rings. The second kappa shape index (κ2) is 5.12. The minimum atomic E-state index is -0.469. The van der Waals surface area contributed by atoms with Crippen LogP contribution >= 0.6 is 11.6 Å². The van der Waals surface area contributed by atoms with Gasteiger partial charge in [0.15, 0.2) is 0 Å². The number of carbonyl (C=O) groups is 1. The summed E-state index contributed by atoms with van der Waals surface area (Å²) >= 11 is 5.82. The van der Waals surface area contributed by atoms with Crippen LogP contribution in [0.5, 0.6) is 0 Å². The van der Waals surface area contributed by atoms with Crippen molar-refractivity contribution in [3.8, 4) is 0 Å². The van der Waals surface area contributed by atoms with Crippen molar-refractivity contribution >= 4 is 23.3 Å². The molecular formula is C12H14ClFN2O2. The molecule has 0 aromatic heterocycles. The summed E-state index contributed by atoms with van der Waals surface area (Å²) in [7, 11) is 0. The highest BCUT2D eigenvalue weighted by Gasteiger charge is 2.42. The molecule has 0 heterocycles. The quantitative estimate of drug-likeness (QED) is 0.788. The van der Waals surface area contributed by atoms with Gasteiger partial charge in [-0.3, -0.25) is 0 Å². The first kappa shape index (κ1) is 13.1. The lowest BCUT2D eigenvalue weighted by atomic mass is 10.1. The lowest BCUT2D eigenvalue weighted by Crippen LogP contribution is -2.35. The highest BCUT2D eigenvalue weighted by atomic mass is 35.5. The van der Waals surface area contributed by atoms with E-state index in [2.05, 4.69) is 10.6 Å². The fourth-order valence-electron chi connectivity index (χ4n) is 1.60. The number of aliphatic hydroxyl groups is 1. The molecule has 6 heteroatoms. The predicted octanol–water partition coefficient (Wildman–Crippen LogP) is 2.37. The average molecular weight is 273 g/mol. The van der Waals surface area contributed by atoms with Gasteiger partial charge >= 0.3 is 6.03 Å². The summed E-state index contributed by atoms with van der Waals surface area (Å²) in [5.74, 6) is -0.469. The van der Waals surface area contributed by atoms with Gasteiger partial charge in [-0.2, -0.15) is 0 Å². The van der Waals surface area contributed by atoms with Gasteiger partial charge in [-0.25, -0.2) is 9.18 Å². The maximum Gasteiger partial charge on any atom is 0.319 e. The van der Waals surface area contributed by atoms with Crippen LogP contribution in [0.4, 0.5) is 14.9 Å². The maximum atomic E-state index is 13.0. The molecule has 18 heavy (non-hydrogen) atoms. The smallest absolute Gasteiger partial charge is 0.319 e. The molecule has 0 bridgehead atoms. The average Bonchev–Trinajstić information content (AvgIpc) is 3.12. The van der Waals surface area contributed by atoms with Crippen molar-refractivity contribution in [3.63, 3.8) is 0 Å². The van der Waals surface area contributed by atoms with Gasteiger partial charge in [-0.15, -0.1) is 0 Å². The van der Waals surface area contributed by atoms with Gasteiger partial charge in [0.25, 0.3) is 0 Å². The van der Waals surface area contributed by atoms with Gasteiger partial charge in [-0.1, -0.05) is 11.6 Å². The Morgan fingerprint density at radius 1 is 1.50 bits per heavy atom. The molecule has 2 amide bonds. The number of anilines is 1. The molecule has 0 spiro atoms.